The number of rotatable bonds is 2. The van der Waals surface area contributed by atoms with Gasteiger partial charge in [-0.05, 0) is 43.4 Å². The number of aliphatic hydroxyl groups is 1. The van der Waals surface area contributed by atoms with Gasteiger partial charge in [-0.25, -0.2) is 8.78 Å². The highest BCUT2D eigenvalue weighted by Gasteiger charge is 2.10. The molecule has 0 heterocycles. The number of halogens is 2. The second-order valence-electron chi connectivity index (χ2n) is 4.56. The van der Waals surface area contributed by atoms with Crippen molar-refractivity contribution in [1.29, 1.82) is 0 Å². The van der Waals surface area contributed by atoms with Crippen LogP contribution in [0.3, 0.4) is 0 Å². The summed E-state index contributed by atoms with van der Waals surface area (Å²) in [5.74, 6) is -1.62. The van der Waals surface area contributed by atoms with E-state index in [9.17, 15) is 13.9 Å². The van der Waals surface area contributed by atoms with Crippen molar-refractivity contribution >= 4 is 0 Å². The lowest BCUT2D eigenvalue weighted by atomic mass is 10.0. The Morgan fingerprint density at radius 1 is 1.18 bits per heavy atom. The van der Waals surface area contributed by atoms with Gasteiger partial charge in [-0.2, -0.15) is 0 Å². The van der Waals surface area contributed by atoms with E-state index in [1.165, 1.54) is 6.07 Å². The van der Waals surface area contributed by atoms with E-state index < -0.39 is 17.7 Å². The molecule has 0 radical (unpaired) electrons. The Hall–Kier alpha value is -1.22. The fourth-order valence-corrected chi connectivity index (χ4v) is 2.20. The summed E-state index contributed by atoms with van der Waals surface area (Å²) in [6.45, 7) is 0. The van der Waals surface area contributed by atoms with E-state index in [1.807, 2.05) is 6.08 Å². The summed E-state index contributed by atoms with van der Waals surface area (Å²) < 4.78 is 25.8. The van der Waals surface area contributed by atoms with Gasteiger partial charge in [-0.1, -0.05) is 24.1 Å². The van der Waals surface area contributed by atoms with E-state index in [1.54, 1.807) is 6.07 Å². The standard InChI is InChI=1S/C14H16F2O/c15-13-6-5-11(9-14(13)16)7-10-3-1-2-4-12(17)8-10/h5-6,8-9,12,17H,1-4,7H2. The lowest BCUT2D eigenvalue weighted by molar-refractivity contribution is 0.211. The molecule has 1 aliphatic carbocycles. The van der Waals surface area contributed by atoms with Crippen LogP contribution < -0.4 is 0 Å². The molecule has 1 aromatic rings. The Kier molecular flexibility index (Phi) is 3.89. The molecular formula is C14H16F2O. The quantitative estimate of drug-likeness (QED) is 0.783. The molecule has 0 spiro atoms. The van der Waals surface area contributed by atoms with Gasteiger partial charge in [0.05, 0.1) is 6.10 Å². The maximum absolute atomic E-state index is 13.0. The fraction of sp³-hybridized carbons (Fsp3) is 0.429. The summed E-state index contributed by atoms with van der Waals surface area (Å²) in [5.41, 5.74) is 1.87. The van der Waals surface area contributed by atoms with E-state index in [0.717, 1.165) is 42.9 Å². The molecule has 0 aromatic heterocycles. The van der Waals surface area contributed by atoms with E-state index in [2.05, 4.69) is 0 Å². The van der Waals surface area contributed by atoms with Crippen molar-refractivity contribution in [2.45, 2.75) is 38.2 Å². The number of aliphatic hydroxyl groups excluding tert-OH is 1. The first-order chi connectivity index (χ1) is 8.15. The number of hydrogen-bond acceptors (Lipinski definition) is 1. The van der Waals surface area contributed by atoms with Gasteiger partial charge in [0.15, 0.2) is 11.6 Å². The molecule has 0 fully saturated rings. The second kappa shape index (κ2) is 5.41. The molecule has 92 valence electrons. The Morgan fingerprint density at radius 3 is 2.76 bits per heavy atom. The van der Waals surface area contributed by atoms with Crippen molar-refractivity contribution in [2.75, 3.05) is 0 Å². The highest BCUT2D eigenvalue weighted by atomic mass is 19.2. The monoisotopic (exact) mass is 238 g/mol. The molecule has 0 saturated carbocycles. The van der Waals surface area contributed by atoms with Crippen LogP contribution in [0, 0.1) is 11.6 Å². The highest BCUT2D eigenvalue weighted by Crippen LogP contribution is 2.21. The molecule has 0 amide bonds. The molecule has 0 saturated heterocycles. The average molecular weight is 238 g/mol. The second-order valence-corrected chi connectivity index (χ2v) is 4.56. The summed E-state index contributed by atoms with van der Waals surface area (Å²) in [6.07, 6.45) is 5.84. The molecule has 3 heteroatoms. The van der Waals surface area contributed by atoms with E-state index in [-0.39, 0.29) is 0 Å². The van der Waals surface area contributed by atoms with E-state index in [0.29, 0.717) is 6.42 Å². The number of allylic oxidation sites excluding steroid dienone is 1. The van der Waals surface area contributed by atoms with Gasteiger partial charge >= 0.3 is 0 Å². The maximum atomic E-state index is 13.0. The van der Waals surface area contributed by atoms with Crippen LogP contribution >= 0.6 is 0 Å². The Balaban J connectivity index is 2.11. The van der Waals surface area contributed by atoms with Crippen LogP contribution in [0.1, 0.15) is 31.2 Å². The summed E-state index contributed by atoms with van der Waals surface area (Å²) in [7, 11) is 0. The van der Waals surface area contributed by atoms with Gasteiger partial charge in [0.1, 0.15) is 0 Å². The topological polar surface area (TPSA) is 20.2 Å². The molecule has 17 heavy (non-hydrogen) atoms. The molecule has 1 aromatic carbocycles. The van der Waals surface area contributed by atoms with Crippen molar-refractivity contribution in [2.24, 2.45) is 0 Å². The molecule has 1 nitrogen and oxygen atoms in total. The predicted octanol–water partition coefficient (Wildman–Crippen LogP) is 3.37. The lowest BCUT2D eigenvalue weighted by Gasteiger charge is -2.07. The Morgan fingerprint density at radius 2 is 2.00 bits per heavy atom. The van der Waals surface area contributed by atoms with Gasteiger partial charge in [-0.15, -0.1) is 0 Å². The van der Waals surface area contributed by atoms with Gasteiger partial charge in [0.25, 0.3) is 0 Å². The zero-order valence-corrected chi connectivity index (χ0v) is 9.63. The molecule has 2 rings (SSSR count). The third kappa shape index (κ3) is 3.37. The third-order valence-electron chi connectivity index (χ3n) is 3.09. The molecule has 1 atom stereocenters. The summed E-state index contributed by atoms with van der Waals surface area (Å²) in [6, 6.07) is 3.97. The zero-order chi connectivity index (χ0) is 12.3. The molecular weight excluding hydrogens is 222 g/mol. The minimum atomic E-state index is -0.816. The number of hydrogen-bond donors (Lipinski definition) is 1. The van der Waals surface area contributed by atoms with Crippen LogP contribution in [0.2, 0.25) is 0 Å². The Bertz CT molecular complexity index is 426. The third-order valence-corrected chi connectivity index (χ3v) is 3.09. The van der Waals surface area contributed by atoms with Gasteiger partial charge in [0.2, 0.25) is 0 Å². The first-order valence-electron chi connectivity index (χ1n) is 5.97. The smallest absolute Gasteiger partial charge is 0.159 e. The zero-order valence-electron chi connectivity index (χ0n) is 9.63. The molecule has 0 aliphatic heterocycles. The van der Waals surface area contributed by atoms with Crippen molar-refractivity contribution in [3.8, 4) is 0 Å². The van der Waals surface area contributed by atoms with Crippen LogP contribution in [-0.4, -0.2) is 11.2 Å². The van der Waals surface area contributed by atoms with Crippen LogP contribution in [0.15, 0.2) is 29.8 Å². The summed E-state index contributed by atoms with van der Waals surface area (Å²) >= 11 is 0. The molecule has 0 bridgehead atoms. The molecule has 1 aliphatic rings. The minimum Gasteiger partial charge on any atom is -0.389 e. The summed E-state index contributed by atoms with van der Waals surface area (Å²) in [5, 5.41) is 9.63. The lowest BCUT2D eigenvalue weighted by Crippen LogP contribution is -2.01. The normalized spacial score (nSPS) is 20.9. The highest BCUT2D eigenvalue weighted by molar-refractivity contribution is 5.24. The maximum Gasteiger partial charge on any atom is 0.159 e. The van der Waals surface area contributed by atoms with E-state index in [4.69, 9.17) is 0 Å². The van der Waals surface area contributed by atoms with Crippen molar-refractivity contribution in [1.82, 2.24) is 0 Å². The predicted molar refractivity (Wildman–Crippen MR) is 62.6 cm³/mol. The fourth-order valence-electron chi connectivity index (χ4n) is 2.20. The average Bonchev–Trinajstić information content (AvgIpc) is 2.48. The van der Waals surface area contributed by atoms with Gasteiger partial charge in [0, 0.05) is 0 Å². The molecule has 1 unspecified atom stereocenters. The minimum absolute atomic E-state index is 0.391. The SMILES string of the molecule is OC1C=C(Cc2ccc(F)c(F)c2)CCCC1. The van der Waals surface area contributed by atoms with Gasteiger partial charge in [-0.3, -0.25) is 0 Å². The molecule has 1 N–H and O–H groups in total. The van der Waals surface area contributed by atoms with Crippen LogP contribution in [-0.2, 0) is 6.42 Å². The summed E-state index contributed by atoms with van der Waals surface area (Å²) in [4.78, 5) is 0. The van der Waals surface area contributed by atoms with Crippen LogP contribution in [0.5, 0.6) is 0 Å². The van der Waals surface area contributed by atoms with Crippen molar-refractivity contribution in [3.05, 3.63) is 47.0 Å². The van der Waals surface area contributed by atoms with Crippen molar-refractivity contribution in [3.63, 3.8) is 0 Å². The van der Waals surface area contributed by atoms with Gasteiger partial charge < -0.3 is 5.11 Å². The number of benzene rings is 1. The first kappa shape index (κ1) is 12.2. The largest absolute Gasteiger partial charge is 0.389 e. The van der Waals surface area contributed by atoms with Crippen LogP contribution in [0.25, 0.3) is 0 Å². The Labute approximate surface area is 99.8 Å². The van der Waals surface area contributed by atoms with Crippen molar-refractivity contribution < 1.29 is 13.9 Å². The first-order valence-corrected chi connectivity index (χ1v) is 5.97. The van der Waals surface area contributed by atoms with Crippen LogP contribution in [0.4, 0.5) is 8.78 Å². The van der Waals surface area contributed by atoms with E-state index >= 15 is 0 Å².